The smallest absolute Gasteiger partial charge is 0.146 e. The first-order valence-electron chi connectivity index (χ1n) is 5.72. The van der Waals surface area contributed by atoms with E-state index in [1.807, 2.05) is 13.0 Å². The van der Waals surface area contributed by atoms with Gasteiger partial charge < -0.3 is 10.1 Å². The van der Waals surface area contributed by atoms with Gasteiger partial charge in [-0.15, -0.1) is 0 Å². The lowest BCUT2D eigenvalue weighted by molar-refractivity contribution is 0.179. The zero-order chi connectivity index (χ0) is 11.5. The number of hydrogen-bond donors (Lipinski definition) is 1. The van der Waals surface area contributed by atoms with Gasteiger partial charge in [0.25, 0.3) is 0 Å². The first kappa shape index (κ1) is 11.4. The summed E-state index contributed by atoms with van der Waals surface area (Å²) >= 11 is 0. The van der Waals surface area contributed by atoms with E-state index in [0.717, 1.165) is 5.56 Å². The van der Waals surface area contributed by atoms with Crippen LogP contribution in [0.3, 0.4) is 0 Å². The van der Waals surface area contributed by atoms with E-state index in [-0.39, 0.29) is 11.9 Å². The Morgan fingerprint density at radius 1 is 1.50 bits per heavy atom. The highest BCUT2D eigenvalue weighted by atomic mass is 19.1. The van der Waals surface area contributed by atoms with E-state index >= 15 is 0 Å². The van der Waals surface area contributed by atoms with Crippen molar-refractivity contribution in [3.05, 3.63) is 29.6 Å². The molecule has 1 aromatic rings. The number of nitrogens with one attached hydrogen (secondary N) is 1. The molecule has 1 unspecified atom stereocenters. The van der Waals surface area contributed by atoms with Crippen LogP contribution in [0.4, 0.5) is 10.1 Å². The minimum absolute atomic E-state index is 0.179. The molecule has 1 atom stereocenters. The molecule has 0 aliphatic heterocycles. The first-order valence-corrected chi connectivity index (χ1v) is 5.72. The second-order valence-corrected chi connectivity index (χ2v) is 4.53. The molecule has 0 heterocycles. The van der Waals surface area contributed by atoms with Crippen molar-refractivity contribution in [1.29, 1.82) is 0 Å². The van der Waals surface area contributed by atoms with E-state index < -0.39 is 0 Å². The van der Waals surface area contributed by atoms with Crippen molar-refractivity contribution in [3.8, 4) is 0 Å². The number of halogens is 1. The topological polar surface area (TPSA) is 21.3 Å². The summed E-state index contributed by atoms with van der Waals surface area (Å²) in [7, 11) is 1.68. The van der Waals surface area contributed by atoms with Crippen LogP contribution in [0.2, 0.25) is 0 Å². The fourth-order valence-electron chi connectivity index (χ4n) is 1.91. The quantitative estimate of drug-likeness (QED) is 0.828. The normalized spacial score (nSPS) is 17.2. The van der Waals surface area contributed by atoms with Gasteiger partial charge in [-0.25, -0.2) is 4.39 Å². The minimum Gasteiger partial charge on any atom is -0.383 e. The molecular formula is C13H18FNO. The molecule has 1 N–H and O–H groups in total. The van der Waals surface area contributed by atoms with Crippen molar-refractivity contribution >= 4 is 5.69 Å². The molecule has 1 aliphatic rings. The molecule has 0 radical (unpaired) electrons. The molecule has 0 spiro atoms. The van der Waals surface area contributed by atoms with Crippen molar-refractivity contribution < 1.29 is 9.13 Å². The van der Waals surface area contributed by atoms with E-state index in [1.165, 1.54) is 12.8 Å². The van der Waals surface area contributed by atoms with Gasteiger partial charge in [0, 0.05) is 7.11 Å². The predicted molar refractivity (Wildman–Crippen MR) is 63.1 cm³/mol. The second-order valence-electron chi connectivity index (χ2n) is 4.53. The third kappa shape index (κ3) is 2.73. The molecule has 0 amide bonds. The molecule has 0 bridgehead atoms. The number of hydrogen-bond acceptors (Lipinski definition) is 2. The largest absolute Gasteiger partial charge is 0.383 e. The average molecular weight is 223 g/mol. The average Bonchev–Trinajstić information content (AvgIpc) is 3.04. The molecule has 1 aliphatic carbocycles. The maximum absolute atomic E-state index is 13.6. The maximum atomic E-state index is 13.6. The highest BCUT2D eigenvalue weighted by Gasteiger charge is 2.31. The SMILES string of the molecule is COCC(Nc1ccc(C)cc1F)C1CC1. The van der Waals surface area contributed by atoms with Crippen LogP contribution in [0.5, 0.6) is 0 Å². The molecule has 1 saturated carbocycles. The van der Waals surface area contributed by atoms with E-state index in [1.54, 1.807) is 19.2 Å². The van der Waals surface area contributed by atoms with Crippen molar-refractivity contribution in [2.45, 2.75) is 25.8 Å². The third-order valence-electron chi connectivity index (χ3n) is 3.00. The van der Waals surface area contributed by atoms with Gasteiger partial charge in [0.2, 0.25) is 0 Å². The summed E-state index contributed by atoms with van der Waals surface area (Å²) < 4.78 is 18.8. The van der Waals surface area contributed by atoms with Crippen LogP contribution in [-0.4, -0.2) is 19.8 Å². The van der Waals surface area contributed by atoms with Gasteiger partial charge in [-0.1, -0.05) is 6.07 Å². The monoisotopic (exact) mass is 223 g/mol. The molecule has 0 saturated heterocycles. The van der Waals surface area contributed by atoms with Gasteiger partial charge in [0.05, 0.1) is 18.3 Å². The number of benzene rings is 1. The van der Waals surface area contributed by atoms with Gasteiger partial charge in [-0.3, -0.25) is 0 Å². The lowest BCUT2D eigenvalue weighted by Gasteiger charge is -2.19. The number of rotatable bonds is 5. The Hall–Kier alpha value is -1.09. The van der Waals surface area contributed by atoms with Crippen molar-refractivity contribution in [3.63, 3.8) is 0 Å². The van der Waals surface area contributed by atoms with Crippen LogP contribution in [0, 0.1) is 18.7 Å². The van der Waals surface area contributed by atoms with Gasteiger partial charge in [-0.05, 0) is 43.4 Å². The van der Waals surface area contributed by atoms with Crippen molar-refractivity contribution in [1.82, 2.24) is 0 Å². The van der Waals surface area contributed by atoms with Crippen molar-refractivity contribution in [2.75, 3.05) is 19.0 Å². The number of aryl methyl sites for hydroxylation is 1. The summed E-state index contributed by atoms with van der Waals surface area (Å²) in [6.07, 6.45) is 2.43. The van der Waals surface area contributed by atoms with Crippen LogP contribution in [0.1, 0.15) is 18.4 Å². The lowest BCUT2D eigenvalue weighted by Crippen LogP contribution is -2.27. The molecular weight excluding hydrogens is 205 g/mol. The summed E-state index contributed by atoms with van der Waals surface area (Å²) in [6, 6.07) is 5.51. The first-order chi connectivity index (χ1) is 7.70. The molecule has 1 fully saturated rings. The number of ether oxygens (including phenoxy) is 1. The zero-order valence-electron chi connectivity index (χ0n) is 9.79. The molecule has 0 aromatic heterocycles. The Balaban J connectivity index is 2.05. The van der Waals surface area contributed by atoms with Crippen LogP contribution in [0.15, 0.2) is 18.2 Å². The second kappa shape index (κ2) is 4.83. The number of methoxy groups -OCH3 is 1. The fourth-order valence-corrected chi connectivity index (χ4v) is 1.91. The standard InChI is InChI=1S/C13H18FNO/c1-9-3-6-12(11(14)7-9)15-13(8-16-2)10-4-5-10/h3,6-7,10,13,15H,4-5,8H2,1-2H3. The lowest BCUT2D eigenvalue weighted by atomic mass is 10.1. The Morgan fingerprint density at radius 3 is 2.81 bits per heavy atom. The van der Waals surface area contributed by atoms with Crippen molar-refractivity contribution in [2.24, 2.45) is 5.92 Å². The highest BCUT2D eigenvalue weighted by Crippen LogP contribution is 2.34. The van der Waals surface area contributed by atoms with Gasteiger partial charge >= 0.3 is 0 Å². The van der Waals surface area contributed by atoms with E-state index in [2.05, 4.69) is 5.32 Å². The zero-order valence-corrected chi connectivity index (χ0v) is 9.79. The van der Waals surface area contributed by atoms with E-state index in [4.69, 9.17) is 4.74 Å². The summed E-state index contributed by atoms with van der Waals surface area (Å²) in [6.45, 7) is 2.53. The predicted octanol–water partition coefficient (Wildman–Crippen LogP) is 2.97. The molecule has 3 heteroatoms. The number of anilines is 1. The molecule has 16 heavy (non-hydrogen) atoms. The fraction of sp³-hybridized carbons (Fsp3) is 0.538. The van der Waals surface area contributed by atoms with Gasteiger partial charge in [-0.2, -0.15) is 0 Å². The summed E-state index contributed by atoms with van der Waals surface area (Å²) in [4.78, 5) is 0. The summed E-state index contributed by atoms with van der Waals surface area (Å²) in [5.41, 5.74) is 1.53. The maximum Gasteiger partial charge on any atom is 0.146 e. The van der Waals surface area contributed by atoms with E-state index in [0.29, 0.717) is 18.2 Å². The molecule has 1 aromatic carbocycles. The summed E-state index contributed by atoms with van der Waals surface area (Å²) in [5, 5.41) is 3.24. The molecule has 2 rings (SSSR count). The summed E-state index contributed by atoms with van der Waals surface area (Å²) in [5.74, 6) is 0.461. The third-order valence-corrected chi connectivity index (χ3v) is 3.00. The van der Waals surface area contributed by atoms with Crippen LogP contribution < -0.4 is 5.32 Å². The van der Waals surface area contributed by atoms with Crippen LogP contribution in [0.25, 0.3) is 0 Å². The Bertz CT molecular complexity index is 363. The van der Waals surface area contributed by atoms with Crippen LogP contribution in [-0.2, 0) is 4.74 Å². The Kier molecular flexibility index (Phi) is 3.44. The van der Waals surface area contributed by atoms with Gasteiger partial charge in [0.1, 0.15) is 5.82 Å². The Labute approximate surface area is 95.8 Å². The van der Waals surface area contributed by atoms with Gasteiger partial charge in [0.15, 0.2) is 0 Å². The molecule has 2 nitrogen and oxygen atoms in total. The van der Waals surface area contributed by atoms with Crippen LogP contribution >= 0.6 is 0 Å². The molecule has 88 valence electrons. The van der Waals surface area contributed by atoms with E-state index in [9.17, 15) is 4.39 Å². The minimum atomic E-state index is -0.179. The Morgan fingerprint density at radius 2 is 2.25 bits per heavy atom. The highest BCUT2D eigenvalue weighted by molar-refractivity contribution is 5.47.